The largest absolute Gasteiger partial charge is 0.494 e. The zero-order valence-electron chi connectivity index (χ0n) is 53.4. The minimum atomic E-state index is -0.881. The Morgan fingerprint density at radius 2 is 0.897 bits per heavy atom. The first-order valence-electron chi connectivity index (χ1n) is 29.7. The van der Waals surface area contributed by atoms with Crippen LogP contribution in [0.1, 0.15) is 165 Å². The van der Waals surface area contributed by atoms with Gasteiger partial charge in [0.25, 0.3) is 11.8 Å². The van der Waals surface area contributed by atoms with E-state index in [1.807, 2.05) is 118 Å². The van der Waals surface area contributed by atoms with Gasteiger partial charge in [0, 0.05) is 47.5 Å². The molecule has 0 saturated carbocycles. The third-order valence-electron chi connectivity index (χ3n) is 13.9. The van der Waals surface area contributed by atoms with Crippen LogP contribution in [0.25, 0.3) is 33.9 Å². The third-order valence-corrected chi connectivity index (χ3v) is 14.4. The molecule has 0 unspecified atom stereocenters. The van der Waals surface area contributed by atoms with E-state index in [-0.39, 0.29) is 35.5 Å². The highest BCUT2D eigenvalue weighted by atomic mass is 79.9. The molecule has 462 valence electrons. The van der Waals surface area contributed by atoms with Crippen LogP contribution >= 0.6 is 15.9 Å². The number of carbonyl (C=O) groups excluding carboxylic acids is 4. The van der Waals surface area contributed by atoms with Crippen LogP contribution in [-0.4, -0.2) is 87.8 Å². The van der Waals surface area contributed by atoms with Crippen molar-refractivity contribution >= 4 is 39.7 Å². The van der Waals surface area contributed by atoms with Crippen molar-refractivity contribution in [2.45, 2.75) is 169 Å². The average Bonchev–Trinajstić information content (AvgIpc) is 3.33. The van der Waals surface area contributed by atoms with E-state index in [4.69, 9.17) is 28.7 Å². The Morgan fingerprint density at radius 3 is 1.30 bits per heavy atom. The number of methoxy groups -OCH3 is 2. The second kappa shape index (κ2) is 30.6. The fourth-order valence-electron chi connectivity index (χ4n) is 9.03. The highest BCUT2D eigenvalue weighted by Gasteiger charge is 2.30. The van der Waals surface area contributed by atoms with Gasteiger partial charge in [0.05, 0.1) is 30.9 Å². The fourth-order valence-corrected chi connectivity index (χ4v) is 9.38. The summed E-state index contributed by atoms with van der Waals surface area (Å²) in [5.41, 5.74) is 6.77. The van der Waals surface area contributed by atoms with E-state index in [1.54, 1.807) is 71.6 Å². The van der Waals surface area contributed by atoms with Gasteiger partial charge in [0.1, 0.15) is 29.0 Å². The average molecular weight is 1250 g/mol. The zero-order chi connectivity index (χ0) is 63.7. The number of ether oxygens (including phenoxy) is 5. The molecule has 0 aliphatic heterocycles. The molecular weight excluding hydrogens is 1160 g/mol. The monoisotopic (exact) mass is 1250 g/mol. The molecule has 0 bridgehead atoms. The lowest BCUT2D eigenvalue weighted by Gasteiger charge is -2.25. The van der Waals surface area contributed by atoms with Crippen LogP contribution in [0.4, 0.5) is 0 Å². The lowest BCUT2D eigenvalue weighted by molar-refractivity contribution is -0.158. The number of halogens is 1. The van der Waals surface area contributed by atoms with Crippen LogP contribution in [0, 0.1) is 0 Å². The van der Waals surface area contributed by atoms with Gasteiger partial charge in [0.15, 0.2) is 11.6 Å². The molecule has 0 spiro atoms. The van der Waals surface area contributed by atoms with E-state index in [1.165, 1.54) is 25.7 Å². The first-order chi connectivity index (χ1) is 41.0. The molecule has 87 heavy (non-hydrogen) atoms. The molecule has 7 aromatic rings. The number of unbranched alkanes of at least 4 members (excludes halogenated alkanes) is 4. The number of benzene rings is 5. The van der Waals surface area contributed by atoms with Crippen molar-refractivity contribution in [3.63, 3.8) is 0 Å². The summed E-state index contributed by atoms with van der Waals surface area (Å²) < 4.78 is 28.8. The van der Waals surface area contributed by atoms with Crippen LogP contribution in [0.3, 0.4) is 0 Å². The summed E-state index contributed by atoms with van der Waals surface area (Å²) in [6.45, 7) is 26.5. The van der Waals surface area contributed by atoms with Gasteiger partial charge >= 0.3 is 11.9 Å². The molecule has 0 radical (unpaired) electrons. The van der Waals surface area contributed by atoms with Crippen LogP contribution < -0.4 is 24.8 Å². The SMILES string of the molecule is CCCCCCCOc1ccc(-c2cnc(-c3ccc(C[C@H](NC(=O)c4ccc(C(C)(C)C)cc4)C(=O)OC(C)(C)C)cc3)nc2OC)cc1.COc1nc(-c2ccc(C[C@H](NC(=O)c3ccc(C(C)(C)C)cc3)C(=O)OC(C)(C)C)cc2)ncc1Br. The Morgan fingerprint density at radius 1 is 0.494 bits per heavy atom. The second-order valence-electron chi connectivity index (χ2n) is 25.5. The number of amides is 2. The summed E-state index contributed by atoms with van der Waals surface area (Å²) in [6, 6.07) is 36.2. The molecular formula is C71H87BrN6O9. The van der Waals surface area contributed by atoms with E-state index in [0.717, 1.165) is 56.7 Å². The van der Waals surface area contributed by atoms with Gasteiger partial charge in [-0.2, -0.15) is 9.97 Å². The minimum Gasteiger partial charge on any atom is -0.494 e. The van der Waals surface area contributed by atoms with Crippen LogP contribution in [0.5, 0.6) is 17.5 Å². The van der Waals surface area contributed by atoms with Crippen LogP contribution in [0.15, 0.2) is 138 Å². The number of carbonyl (C=O) groups is 4. The van der Waals surface area contributed by atoms with Crippen molar-refractivity contribution in [2.24, 2.45) is 0 Å². The molecule has 7 rings (SSSR count). The molecule has 5 aromatic carbocycles. The zero-order valence-corrected chi connectivity index (χ0v) is 54.9. The van der Waals surface area contributed by atoms with Crippen molar-refractivity contribution in [3.8, 4) is 51.4 Å². The Balaban J connectivity index is 0.000000291. The van der Waals surface area contributed by atoms with Gasteiger partial charge in [0.2, 0.25) is 11.8 Å². The molecule has 0 saturated heterocycles. The Bertz CT molecular complexity index is 3380. The predicted octanol–water partition coefficient (Wildman–Crippen LogP) is 15.0. The summed E-state index contributed by atoms with van der Waals surface area (Å²) in [4.78, 5) is 70.7. The second-order valence-corrected chi connectivity index (χ2v) is 26.4. The van der Waals surface area contributed by atoms with Crippen molar-refractivity contribution in [1.29, 1.82) is 0 Å². The molecule has 0 fully saturated rings. The van der Waals surface area contributed by atoms with Gasteiger partial charge in [-0.3, -0.25) is 9.59 Å². The van der Waals surface area contributed by atoms with Crippen molar-refractivity contribution in [3.05, 3.63) is 172 Å². The molecule has 2 atom stereocenters. The number of hydrogen-bond acceptors (Lipinski definition) is 13. The molecule has 15 nitrogen and oxygen atoms in total. The minimum absolute atomic E-state index is 0.0212. The topological polar surface area (TPSA) is 190 Å². The van der Waals surface area contributed by atoms with Gasteiger partial charge < -0.3 is 34.3 Å². The summed E-state index contributed by atoms with van der Waals surface area (Å²) in [6.07, 6.45) is 9.92. The van der Waals surface area contributed by atoms with E-state index >= 15 is 0 Å². The number of rotatable bonds is 22. The van der Waals surface area contributed by atoms with Crippen molar-refractivity contribution in [2.75, 3.05) is 20.8 Å². The van der Waals surface area contributed by atoms with Gasteiger partial charge in [-0.05, 0) is 139 Å². The Hall–Kier alpha value is -7.98. The molecule has 2 N–H and O–H groups in total. The molecule has 16 heteroatoms. The number of nitrogens with one attached hydrogen (secondary N) is 2. The van der Waals surface area contributed by atoms with Gasteiger partial charge in [-0.25, -0.2) is 19.6 Å². The maximum atomic E-state index is 13.3. The standard InChI is InChI=1S/C42H53N3O5.C29H34BrN3O4/c1-9-10-11-12-13-26-49-34-24-20-30(21-25-34)35-28-43-37(45-39(35)48-8)31-16-14-29(15-17-31)27-36(40(47)50-42(5,6)7)44-38(46)32-18-22-33(23-19-32)41(2,3)4;1-28(2,3)21-14-12-20(13-15-21)25(34)32-23(27(35)37-29(4,5)6)16-18-8-10-19(11-9-18)24-31-17-22(30)26(33-24)36-7/h14-25,28,36H,9-13,26-27H2,1-8H3,(H,44,46);8-15,17,23H,16H2,1-7H3,(H,32,34)/t36-;23-/m00/s1. The first kappa shape index (κ1) is 68.1. The van der Waals surface area contributed by atoms with Crippen LogP contribution in [0.2, 0.25) is 0 Å². The predicted molar refractivity (Wildman–Crippen MR) is 347 cm³/mol. The summed E-state index contributed by atoms with van der Waals surface area (Å²) in [5.74, 6) is 1.12. The summed E-state index contributed by atoms with van der Waals surface area (Å²) >= 11 is 3.36. The van der Waals surface area contributed by atoms with Crippen molar-refractivity contribution < 1.29 is 42.9 Å². The number of esters is 2. The van der Waals surface area contributed by atoms with Gasteiger partial charge in [-0.15, -0.1) is 0 Å². The number of hydrogen-bond donors (Lipinski definition) is 2. The molecule has 0 aliphatic rings. The maximum Gasteiger partial charge on any atom is 0.329 e. The molecule has 2 amide bonds. The quantitative estimate of drug-likeness (QED) is 0.0482. The summed E-state index contributed by atoms with van der Waals surface area (Å²) in [5, 5.41) is 5.78. The number of nitrogens with zero attached hydrogens (tertiary/aromatic N) is 4. The lowest BCUT2D eigenvalue weighted by Crippen LogP contribution is -2.45. The smallest absolute Gasteiger partial charge is 0.329 e. The normalized spacial score (nSPS) is 12.4. The fraction of sp³-hybridized carbons (Fsp3) is 0.408. The van der Waals surface area contributed by atoms with E-state index < -0.39 is 35.2 Å². The third kappa shape index (κ3) is 21.1. The highest BCUT2D eigenvalue weighted by Crippen LogP contribution is 2.32. The summed E-state index contributed by atoms with van der Waals surface area (Å²) in [7, 11) is 3.14. The van der Waals surface area contributed by atoms with E-state index in [2.05, 4.69) is 90.0 Å². The van der Waals surface area contributed by atoms with E-state index in [9.17, 15) is 19.2 Å². The first-order valence-corrected chi connectivity index (χ1v) is 30.5. The Kier molecular flexibility index (Phi) is 24.0. The lowest BCUT2D eigenvalue weighted by atomic mass is 9.86. The highest BCUT2D eigenvalue weighted by molar-refractivity contribution is 9.10. The Labute approximate surface area is 523 Å². The van der Waals surface area contributed by atoms with Crippen LogP contribution in [-0.2, 0) is 42.7 Å². The molecule has 0 aliphatic carbocycles. The molecule has 2 aromatic heterocycles. The van der Waals surface area contributed by atoms with Gasteiger partial charge in [-0.1, -0.05) is 159 Å². The van der Waals surface area contributed by atoms with Crippen molar-refractivity contribution in [1.82, 2.24) is 30.6 Å². The molecule has 2 heterocycles. The maximum absolute atomic E-state index is 13.3. The van der Waals surface area contributed by atoms with E-state index in [0.29, 0.717) is 45.6 Å². The number of aromatic nitrogens is 4.